The predicted octanol–water partition coefficient (Wildman–Crippen LogP) is -13.3. The van der Waals surface area contributed by atoms with Crippen LogP contribution in [0.15, 0.2) is 0 Å². The molecule has 80 heavy (non-hydrogen) atoms. The van der Waals surface area contributed by atoms with Crippen molar-refractivity contribution in [3.8, 4) is 0 Å². The Hall–Kier alpha value is -4.14. The number of nitrogens with one attached hydrogen (secondary N) is 4. The van der Waals surface area contributed by atoms with Crippen molar-refractivity contribution in [1.82, 2.24) is 21.3 Å². The van der Waals surface area contributed by atoms with E-state index < -0.39 is 246 Å². The van der Waals surface area contributed by atoms with Crippen molar-refractivity contribution in [3.63, 3.8) is 0 Å². The lowest BCUT2D eigenvalue weighted by molar-refractivity contribution is -0.384. The largest absolute Gasteiger partial charge is 0.477 e. The first-order valence-electron chi connectivity index (χ1n) is 24.8. The van der Waals surface area contributed by atoms with Gasteiger partial charge in [0.1, 0.15) is 104 Å². The highest BCUT2D eigenvalue weighted by molar-refractivity contribution is 5.77. The second kappa shape index (κ2) is 29.4. The van der Waals surface area contributed by atoms with Crippen molar-refractivity contribution >= 4 is 35.6 Å². The third-order valence-electron chi connectivity index (χ3n) is 13.5. The van der Waals surface area contributed by atoms with Gasteiger partial charge in [0, 0.05) is 40.5 Å². The fourth-order valence-electron chi connectivity index (χ4n) is 9.54. The van der Waals surface area contributed by atoms with Crippen molar-refractivity contribution in [2.75, 3.05) is 39.6 Å². The number of hydrogen-bond acceptors (Lipinski definition) is 30. The first kappa shape index (κ1) is 68.4. The maximum Gasteiger partial charge on any atom is 0.364 e. The van der Waals surface area contributed by atoms with Crippen LogP contribution in [-0.2, 0) is 66.7 Å². The van der Waals surface area contributed by atoms with Gasteiger partial charge in [0.05, 0.1) is 70.0 Å². The molecule has 0 saturated carbocycles. The summed E-state index contributed by atoms with van der Waals surface area (Å²) in [6.45, 7) is -3.32. The topological polar surface area (TPSA) is 589 Å². The van der Waals surface area contributed by atoms with Gasteiger partial charge in [-0.15, -0.1) is 0 Å². The number of aliphatic carboxylic acids is 2. The molecule has 4 aliphatic rings. The number of carbonyl (C=O) groups is 6. The minimum Gasteiger partial charge on any atom is -0.477 e. The molecule has 36 heteroatoms. The zero-order valence-corrected chi connectivity index (χ0v) is 43.3. The van der Waals surface area contributed by atoms with Gasteiger partial charge in [-0.05, 0) is 0 Å². The number of ether oxygens (including phenoxy) is 8. The number of rotatable bonds is 27. The molecule has 0 aromatic heterocycles. The van der Waals surface area contributed by atoms with Gasteiger partial charge in [-0.25, -0.2) is 9.59 Å². The Morgan fingerprint density at radius 3 is 1.46 bits per heavy atom. The van der Waals surface area contributed by atoms with E-state index in [1.54, 1.807) is 0 Å². The van der Waals surface area contributed by atoms with Crippen LogP contribution in [0.5, 0.6) is 0 Å². The van der Waals surface area contributed by atoms with E-state index in [-0.39, 0.29) is 0 Å². The van der Waals surface area contributed by atoms with Gasteiger partial charge >= 0.3 is 11.9 Å². The van der Waals surface area contributed by atoms with Crippen LogP contribution in [0.3, 0.4) is 0 Å². The average Bonchev–Trinajstić information content (AvgIpc) is 3.39. The zero-order valence-electron chi connectivity index (χ0n) is 43.3. The first-order chi connectivity index (χ1) is 37.4. The van der Waals surface area contributed by atoms with Crippen molar-refractivity contribution in [2.45, 2.75) is 199 Å². The Kier molecular flexibility index (Phi) is 25.1. The molecule has 0 aromatic rings. The summed E-state index contributed by atoms with van der Waals surface area (Å²) in [7, 11) is 0. The number of amides is 4. The molecule has 36 nitrogen and oxygen atoms in total. The maximum atomic E-state index is 13.0. The number of carboxylic acid groups (broad SMARTS) is 2. The van der Waals surface area contributed by atoms with Crippen molar-refractivity contribution < 1.29 is 159 Å². The van der Waals surface area contributed by atoms with Gasteiger partial charge in [0.2, 0.25) is 23.6 Å². The number of aliphatic hydroxyl groups is 16. The molecule has 0 aromatic carbocycles. The van der Waals surface area contributed by atoms with E-state index in [0.717, 1.165) is 27.7 Å². The maximum absolute atomic E-state index is 13.0. The summed E-state index contributed by atoms with van der Waals surface area (Å²) in [5.41, 5.74) is 0. The van der Waals surface area contributed by atoms with E-state index in [2.05, 4.69) is 21.3 Å². The zero-order chi connectivity index (χ0) is 60.5. The molecule has 4 heterocycles. The quantitative estimate of drug-likeness (QED) is 0.0363. The van der Waals surface area contributed by atoms with Crippen LogP contribution in [0.25, 0.3) is 0 Å². The van der Waals surface area contributed by atoms with Crippen molar-refractivity contribution in [1.29, 1.82) is 0 Å². The summed E-state index contributed by atoms with van der Waals surface area (Å²) in [5.74, 6) is -14.0. The molecule has 0 aliphatic carbocycles. The van der Waals surface area contributed by atoms with Crippen LogP contribution >= 0.6 is 0 Å². The Balaban J connectivity index is 1.67. The molecule has 22 N–H and O–H groups in total. The number of carboxylic acids is 2. The lowest BCUT2D eigenvalue weighted by Gasteiger charge is -2.51. The van der Waals surface area contributed by atoms with Gasteiger partial charge in [-0.3, -0.25) is 19.2 Å². The highest BCUT2D eigenvalue weighted by Crippen LogP contribution is 2.39. The number of aliphatic hydroxyl groups excluding tert-OH is 16. The molecule has 0 spiro atoms. The van der Waals surface area contributed by atoms with Gasteiger partial charge in [-0.2, -0.15) is 0 Å². The summed E-state index contributed by atoms with van der Waals surface area (Å²) in [6, 6.07) is -7.10. The Morgan fingerprint density at radius 1 is 0.562 bits per heavy atom. The van der Waals surface area contributed by atoms with E-state index >= 15 is 0 Å². The normalized spacial score (nSPS) is 37.8. The van der Waals surface area contributed by atoms with E-state index in [0.29, 0.717) is 0 Å². The lowest BCUT2D eigenvalue weighted by atomic mass is 9.88. The summed E-state index contributed by atoms with van der Waals surface area (Å²) in [5, 5.41) is 202. The van der Waals surface area contributed by atoms with Crippen LogP contribution in [0.4, 0.5) is 0 Å². The van der Waals surface area contributed by atoms with Crippen LogP contribution in [0.1, 0.15) is 40.5 Å². The van der Waals surface area contributed by atoms with Gasteiger partial charge in [-0.1, -0.05) is 0 Å². The van der Waals surface area contributed by atoms with Gasteiger partial charge in [0.25, 0.3) is 11.6 Å². The Morgan fingerprint density at radius 2 is 1.02 bits per heavy atom. The standard InChI is InChI=1S/C44H74N4O32/c1-13(54)45-17(7-49)34(30(65)22(62)12-73-43(41(69)70)5-18(58)25(46-14(2)55)36(78-43)28(63)20(60)8-50)76-39-27(48-16(4)57)32(67)35(24(11-53)75-39)77-40-33(68)38(31(66)23(10-52)74-40)80-44(42(71)72)6-19(59)26(47-15(3)56)37(79-44)29(64)21(61)9-51/h17-40,49-53,58-68H,5-12H2,1-4H3,(H,45,54)(H,46,55)(H,47,56)(H,48,57)(H,69,70)(H,71,72)/t17-,18-,19-,20+,21+,22+,23+,24+,25+,26+,27+,28+,29+,30-,31-,32+,33+,34+,35+,36+,37+,38-,39-,40-,43+,44-/m0/s1. The van der Waals surface area contributed by atoms with Gasteiger partial charge in [0.15, 0.2) is 12.6 Å². The smallest absolute Gasteiger partial charge is 0.364 e. The molecular weight excluding hydrogens is 1100 g/mol. The van der Waals surface area contributed by atoms with Crippen LogP contribution in [-0.4, -0.2) is 325 Å². The fourth-order valence-corrected chi connectivity index (χ4v) is 9.54. The molecular formula is C44H74N4O32. The molecule has 0 bridgehead atoms. The second-order valence-corrected chi connectivity index (χ2v) is 19.5. The second-order valence-electron chi connectivity index (χ2n) is 19.5. The van der Waals surface area contributed by atoms with E-state index in [1.165, 1.54) is 0 Å². The van der Waals surface area contributed by atoms with E-state index in [1.807, 2.05) is 0 Å². The fraction of sp³-hybridized carbons (Fsp3) is 0.864. The highest BCUT2D eigenvalue weighted by Gasteiger charge is 2.61. The molecule has 4 amide bonds. The third kappa shape index (κ3) is 15.9. The van der Waals surface area contributed by atoms with E-state index in [4.69, 9.17) is 37.9 Å². The summed E-state index contributed by atoms with van der Waals surface area (Å²) in [4.78, 5) is 74.9. The van der Waals surface area contributed by atoms with Crippen LogP contribution in [0, 0.1) is 0 Å². The van der Waals surface area contributed by atoms with Crippen molar-refractivity contribution in [2.24, 2.45) is 0 Å². The SMILES string of the molecule is CC(=O)N[C@H]1[C@H](O[C@@H]([C@@H](O)[C@H](O)CO[C@]2(C(=O)O)C[C@H](O)[C@@H](NC(C)=O)[C@H]([C@H](O)[C@H](O)CO)O2)[C@H](CO)NC(C)=O)O[C@H](CO)[C@@H](O[C@@H]2O[C@H](CO)[C@H](O)[C@H](O[C@]3(C(=O)O)C[C@H](O)[C@@H](NC(C)=O)[C@H]([C@H](O)[C@H](O)CO)O3)[C@H]2O)[C@@H]1O. The molecule has 4 saturated heterocycles. The Bertz CT molecular complexity index is 2070. The van der Waals surface area contributed by atoms with Gasteiger partial charge < -0.3 is 151 Å². The lowest BCUT2D eigenvalue weighted by Crippen LogP contribution is -2.71. The molecule has 0 unspecified atom stereocenters. The average molecular weight is 1170 g/mol. The summed E-state index contributed by atoms with van der Waals surface area (Å²) < 4.78 is 45.4. The Labute approximate surface area is 453 Å². The summed E-state index contributed by atoms with van der Waals surface area (Å²) in [6.07, 6.45) is -45.6. The third-order valence-corrected chi connectivity index (χ3v) is 13.5. The number of hydrogen-bond donors (Lipinski definition) is 22. The minimum atomic E-state index is -3.23. The first-order valence-corrected chi connectivity index (χ1v) is 24.8. The van der Waals surface area contributed by atoms with Crippen LogP contribution < -0.4 is 21.3 Å². The van der Waals surface area contributed by atoms with Crippen molar-refractivity contribution in [3.05, 3.63) is 0 Å². The molecule has 4 fully saturated rings. The predicted molar refractivity (Wildman–Crippen MR) is 250 cm³/mol. The minimum absolute atomic E-state index is 0.820. The molecule has 462 valence electrons. The molecule has 26 atom stereocenters. The number of carbonyl (C=O) groups excluding carboxylic acids is 4. The molecule has 0 radical (unpaired) electrons. The molecule has 4 rings (SSSR count). The molecule has 4 aliphatic heterocycles. The van der Waals surface area contributed by atoms with E-state index in [9.17, 15) is 121 Å². The van der Waals surface area contributed by atoms with Crippen LogP contribution in [0.2, 0.25) is 0 Å². The monoisotopic (exact) mass is 1170 g/mol. The summed E-state index contributed by atoms with van der Waals surface area (Å²) >= 11 is 0. The highest BCUT2D eigenvalue weighted by atomic mass is 16.8.